The highest BCUT2D eigenvalue weighted by Crippen LogP contribution is 2.26. The van der Waals surface area contributed by atoms with Gasteiger partial charge in [0.05, 0.1) is 12.7 Å². The fourth-order valence-corrected chi connectivity index (χ4v) is 1.66. The lowest BCUT2D eigenvalue weighted by atomic mass is 10.2. The van der Waals surface area contributed by atoms with E-state index >= 15 is 0 Å². The maximum absolute atomic E-state index is 14.0. The summed E-state index contributed by atoms with van der Waals surface area (Å²) in [6, 6.07) is 10.9. The molecule has 0 aliphatic carbocycles. The fourth-order valence-electron chi connectivity index (χ4n) is 1.66. The van der Waals surface area contributed by atoms with Crippen LogP contribution in [0.25, 0.3) is 0 Å². The molecule has 0 unspecified atom stereocenters. The first-order valence-corrected chi connectivity index (χ1v) is 5.86. The lowest BCUT2D eigenvalue weighted by Crippen LogP contribution is -2.08. The summed E-state index contributed by atoms with van der Waals surface area (Å²) in [5, 5.41) is 0. The van der Waals surface area contributed by atoms with Gasteiger partial charge in [-0.15, -0.1) is 0 Å². The lowest BCUT2D eigenvalue weighted by Gasteiger charge is -2.10. The third-order valence-electron chi connectivity index (χ3n) is 2.68. The Bertz CT molecular complexity index is 612. The first-order chi connectivity index (χ1) is 9.63. The van der Waals surface area contributed by atoms with Gasteiger partial charge < -0.3 is 9.47 Å². The molecule has 104 valence electrons. The van der Waals surface area contributed by atoms with Gasteiger partial charge in [0.25, 0.3) is 0 Å². The van der Waals surface area contributed by atoms with Gasteiger partial charge in [0, 0.05) is 0 Å². The summed E-state index contributed by atoms with van der Waals surface area (Å²) in [4.78, 5) is 11.3. The number of hydrogen-bond acceptors (Lipinski definition) is 3. The lowest BCUT2D eigenvalue weighted by molar-refractivity contribution is 0.0594. The molecule has 2 aromatic carbocycles. The Labute approximate surface area is 114 Å². The number of hydrogen-bond donors (Lipinski definition) is 0. The van der Waals surface area contributed by atoms with Gasteiger partial charge in [-0.1, -0.05) is 30.3 Å². The number of methoxy groups -OCH3 is 1. The Kier molecular flexibility index (Phi) is 4.30. The van der Waals surface area contributed by atoms with Crippen molar-refractivity contribution in [2.24, 2.45) is 0 Å². The van der Waals surface area contributed by atoms with Crippen LogP contribution in [0.1, 0.15) is 15.9 Å². The Morgan fingerprint density at radius 3 is 2.45 bits per heavy atom. The van der Waals surface area contributed by atoms with Crippen LogP contribution in [0.15, 0.2) is 42.5 Å². The Morgan fingerprint density at radius 2 is 1.80 bits per heavy atom. The van der Waals surface area contributed by atoms with Crippen molar-refractivity contribution >= 4 is 5.97 Å². The van der Waals surface area contributed by atoms with Crippen molar-refractivity contribution in [1.29, 1.82) is 0 Å². The average molecular weight is 278 g/mol. The zero-order valence-electron chi connectivity index (χ0n) is 10.7. The van der Waals surface area contributed by atoms with E-state index in [-0.39, 0.29) is 12.2 Å². The molecule has 3 nitrogen and oxygen atoms in total. The van der Waals surface area contributed by atoms with Crippen LogP contribution >= 0.6 is 0 Å². The van der Waals surface area contributed by atoms with E-state index in [1.807, 2.05) is 6.07 Å². The molecule has 0 spiro atoms. The molecular weight excluding hydrogens is 266 g/mol. The van der Waals surface area contributed by atoms with Gasteiger partial charge in [0.15, 0.2) is 17.4 Å². The third kappa shape index (κ3) is 2.93. The Balaban J connectivity index is 2.25. The normalized spacial score (nSPS) is 10.2. The van der Waals surface area contributed by atoms with Crippen molar-refractivity contribution in [3.63, 3.8) is 0 Å². The van der Waals surface area contributed by atoms with E-state index in [1.165, 1.54) is 0 Å². The van der Waals surface area contributed by atoms with Gasteiger partial charge in [-0.25, -0.2) is 13.6 Å². The molecule has 0 amide bonds. The van der Waals surface area contributed by atoms with Gasteiger partial charge in [-0.05, 0) is 17.7 Å². The fraction of sp³-hybridized carbons (Fsp3) is 0.133. The number of carbonyl (C=O) groups is 1. The SMILES string of the molecule is COC(=O)c1ccc(F)c(OCc2ccccc2)c1F. The molecule has 0 N–H and O–H groups in total. The number of esters is 1. The molecule has 20 heavy (non-hydrogen) atoms. The van der Waals surface area contributed by atoms with E-state index < -0.39 is 23.4 Å². The molecule has 0 atom stereocenters. The largest absolute Gasteiger partial charge is 0.483 e. The quantitative estimate of drug-likeness (QED) is 0.805. The molecule has 5 heteroatoms. The predicted octanol–water partition coefficient (Wildman–Crippen LogP) is 3.33. The summed E-state index contributed by atoms with van der Waals surface area (Å²) in [5.74, 6) is -3.40. The van der Waals surface area contributed by atoms with Crippen LogP contribution in [0.4, 0.5) is 8.78 Å². The molecule has 0 aliphatic rings. The highest BCUT2D eigenvalue weighted by molar-refractivity contribution is 5.90. The van der Waals surface area contributed by atoms with E-state index in [0.29, 0.717) is 0 Å². The van der Waals surface area contributed by atoms with Crippen LogP contribution in [0.3, 0.4) is 0 Å². The van der Waals surface area contributed by atoms with Crippen LogP contribution in [0.2, 0.25) is 0 Å². The molecule has 0 aliphatic heterocycles. The monoisotopic (exact) mass is 278 g/mol. The smallest absolute Gasteiger partial charge is 0.340 e. The Morgan fingerprint density at radius 1 is 1.10 bits per heavy atom. The molecular formula is C15H12F2O3. The molecule has 2 rings (SSSR count). The van der Waals surface area contributed by atoms with Crippen LogP contribution in [0.5, 0.6) is 5.75 Å². The second kappa shape index (κ2) is 6.14. The molecule has 0 heterocycles. The van der Waals surface area contributed by atoms with Gasteiger partial charge in [-0.3, -0.25) is 0 Å². The third-order valence-corrected chi connectivity index (χ3v) is 2.68. The van der Waals surface area contributed by atoms with Gasteiger partial charge in [0.1, 0.15) is 6.61 Å². The van der Waals surface area contributed by atoms with Gasteiger partial charge >= 0.3 is 5.97 Å². The number of rotatable bonds is 4. The minimum Gasteiger partial charge on any atom is -0.483 e. The van der Waals surface area contributed by atoms with Crippen LogP contribution < -0.4 is 4.74 Å². The van der Waals surface area contributed by atoms with Crippen molar-refractivity contribution in [2.75, 3.05) is 7.11 Å². The predicted molar refractivity (Wildman–Crippen MR) is 68.5 cm³/mol. The zero-order chi connectivity index (χ0) is 14.5. The van der Waals surface area contributed by atoms with E-state index in [0.717, 1.165) is 24.8 Å². The van der Waals surface area contributed by atoms with Crippen LogP contribution in [0, 0.1) is 11.6 Å². The molecule has 0 saturated heterocycles. The zero-order valence-corrected chi connectivity index (χ0v) is 10.7. The van der Waals surface area contributed by atoms with Crippen molar-refractivity contribution < 1.29 is 23.0 Å². The summed E-state index contributed by atoms with van der Waals surface area (Å²) >= 11 is 0. The first kappa shape index (κ1) is 14.0. The van der Waals surface area contributed by atoms with Crippen molar-refractivity contribution in [2.45, 2.75) is 6.61 Å². The molecule has 2 aromatic rings. The number of carbonyl (C=O) groups excluding carboxylic acids is 1. The van der Waals surface area contributed by atoms with Crippen molar-refractivity contribution in [3.05, 3.63) is 65.2 Å². The summed E-state index contributed by atoms with van der Waals surface area (Å²) < 4.78 is 37.1. The van der Waals surface area contributed by atoms with E-state index in [9.17, 15) is 13.6 Å². The second-order valence-corrected chi connectivity index (χ2v) is 4.00. The molecule has 0 bridgehead atoms. The van der Waals surface area contributed by atoms with Crippen molar-refractivity contribution in [3.8, 4) is 5.75 Å². The average Bonchev–Trinajstić information content (AvgIpc) is 2.47. The summed E-state index contributed by atoms with van der Waals surface area (Å²) in [6.07, 6.45) is 0. The highest BCUT2D eigenvalue weighted by atomic mass is 19.1. The van der Waals surface area contributed by atoms with Crippen molar-refractivity contribution in [1.82, 2.24) is 0 Å². The standard InChI is InChI=1S/C15H12F2O3/c1-19-15(18)11-7-8-12(16)14(13(11)17)20-9-10-5-3-2-4-6-10/h2-8H,9H2,1H3. The number of ether oxygens (including phenoxy) is 2. The van der Waals surface area contributed by atoms with E-state index in [2.05, 4.69) is 4.74 Å². The number of benzene rings is 2. The van der Waals surface area contributed by atoms with Gasteiger partial charge in [0.2, 0.25) is 0 Å². The Hall–Kier alpha value is -2.43. The highest BCUT2D eigenvalue weighted by Gasteiger charge is 2.20. The van der Waals surface area contributed by atoms with Crippen LogP contribution in [-0.2, 0) is 11.3 Å². The topological polar surface area (TPSA) is 35.5 Å². The maximum Gasteiger partial charge on any atom is 0.340 e. The minimum absolute atomic E-state index is 0.000689. The molecule has 0 fully saturated rings. The summed E-state index contributed by atoms with van der Waals surface area (Å²) in [5.41, 5.74) is 0.395. The summed E-state index contributed by atoms with van der Waals surface area (Å²) in [7, 11) is 1.12. The molecule has 0 saturated carbocycles. The first-order valence-electron chi connectivity index (χ1n) is 5.86. The molecule has 0 radical (unpaired) electrons. The maximum atomic E-state index is 14.0. The minimum atomic E-state index is -1.06. The molecule has 0 aromatic heterocycles. The van der Waals surface area contributed by atoms with Crippen LogP contribution in [-0.4, -0.2) is 13.1 Å². The van der Waals surface area contributed by atoms with E-state index in [4.69, 9.17) is 4.74 Å². The van der Waals surface area contributed by atoms with Gasteiger partial charge in [-0.2, -0.15) is 0 Å². The second-order valence-electron chi connectivity index (χ2n) is 4.00. The summed E-state index contributed by atoms with van der Waals surface area (Å²) in [6.45, 7) is -0.000689. The number of halogens is 2. The van der Waals surface area contributed by atoms with E-state index in [1.54, 1.807) is 24.3 Å².